The van der Waals surface area contributed by atoms with Gasteiger partial charge in [0.05, 0.1) is 0 Å². The molecule has 0 aliphatic carbocycles. The second kappa shape index (κ2) is 7.63. The van der Waals surface area contributed by atoms with Crippen LogP contribution in [0.15, 0.2) is 48.5 Å². The summed E-state index contributed by atoms with van der Waals surface area (Å²) in [5.41, 5.74) is 4.93. The van der Waals surface area contributed by atoms with Gasteiger partial charge in [0, 0.05) is 11.4 Å². The molecular weight excluding hydrogens is 230 g/mol. The van der Waals surface area contributed by atoms with Crippen LogP contribution in [-0.2, 0) is 0 Å². The highest BCUT2D eigenvalue weighted by molar-refractivity contribution is 5.60. The topological polar surface area (TPSA) is 12.0 Å². The van der Waals surface area contributed by atoms with E-state index >= 15 is 0 Å². The second-order valence-electron chi connectivity index (χ2n) is 4.77. The van der Waals surface area contributed by atoms with Gasteiger partial charge in [-0.1, -0.05) is 52.0 Å². The largest absolute Gasteiger partial charge is 0.356 e. The van der Waals surface area contributed by atoms with Crippen LogP contribution in [0.3, 0.4) is 0 Å². The van der Waals surface area contributed by atoms with Gasteiger partial charge >= 0.3 is 0 Å². The van der Waals surface area contributed by atoms with Gasteiger partial charge < -0.3 is 5.32 Å². The molecule has 0 unspecified atom stereocenters. The highest BCUT2D eigenvalue weighted by Crippen LogP contribution is 2.20. The molecule has 1 N–H and O–H groups in total. The fourth-order valence-corrected chi connectivity index (χ4v) is 1.84. The second-order valence-corrected chi connectivity index (χ2v) is 4.77. The number of hydrogen-bond donors (Lipinski definition) is 1. The van der Waals surface area contributed by atoms with Crippen LogP contribution in [0.4, 0.5) is 11.4 Å². The minimum absolute atomic E-state index is 0.586. The lowest BCUT2D eigenvalue weighted by Crippen LogP contribution is -1.92. The van der Waals surface area contributed by atoms with Crippen molar-refractivity contribution in [3.63, 3.8) is 0 Å². The van der Waals surface area contributed by atoms with Crippen LogP contribution in [0.5, 0.6) is 0 Å². The molecule has 0 aliphatic rings. The Morgan fingerprint density at radius 1 is 0.842 bits per heavy atom. The Morgan fingerprint density at radius 3 is 2.00 bits per heavy atom. The van der Waals surface area contributed by atoms with Crippen molar-refractivity contribution < 1.29 is 0 Å². The quantitative estimate of drug-likeness (QED) is 0.721. The van der Waals surface area contributed by atoms with Crippen molar-refractivity contribution in [1.29, 1.82) is 0 Å². The molecule has 0 spiro atoms. The van der Waals surface area contributed by atoms with Crippen LogP contribution in [0.2, 0.25) is 0 Å². The van der Waals surface area contributed by atoms with E-state index in [2.05, 4.69) is 74.6 Å². The Labute approximate surface area is 117 Å². The van der Waals surface area contributed by atoms with Crippen molar-refractivity contribution in [1.82, 2.24) is 0 Å². The lowest BCUT2D eigenvalue weighted by molar-refractivity contribution is 0.867. The predicted molar refractivity (Wildman–Crippen MR) is 86.3 cm³/mol. The van der Waals surface area contributed by atoms with Gasteiger partial charge in [-0.3, -0.25) is 0 Å². The zero-order valence-electron chi connectivity index (χ0n) is 12.7. The maximum atomic E-state index is 3.41. The Bertz CT molecular complexity index is 483. The molecule has 0 saturated carbocycles. The predicted octanol–water partition coefficient (Wildman–Crippen LogP) is 5.89. The average molecular weight is 255 g/mol. The van der Waals surface area contributed by atoms with Crippen LogP contribution >= 0.6 is 0 Å². The zero-order valence-corrected chi connectivity index (χ0v) is 12.7. The monoisotopic (exact) mass is 255 g/mol. The van der Waals surface area contributed by atoms with Crippen molar-refractivity contribution in [3.8, 4) is 0 Å². The molecule has 19 heavy (non-hydrogen) atoms. The Morgan fingerprint density at radius 2 is 1.47 bits per heavy atom. The summed E-state index contributed by atoms with van der Waals surface area (Å²) in [6.07, 6.45) is 0. The highest BCUT2D eigenvalue weighted by Gasteiger charge is 1.99. The molecule has 2 aromatic rings. The number of aryl methyl sites for hydroxylation is 1. The first-order chi connectivity index (χ1) is 9.15. The zero-order chi connectivity index (χ0) is 14.3. The molecule has 0 saturated heterocycles. The third kappa shape index (κ3) is 4.78. The van der Waals surface area contributed by atoms with Gasteiger partial charge in [0.1, 0.15) is 0 Å². The Balaban J connectivity index is 0.000000861. The van der Waals surface area contributed by atoms with Crippen LogP contribution in [-0.4, -0.2) is 0 Å². The van der Waals surface area contributed by atoms with Crippen LogP contribution in [0.1, 0.15) is 44.7 Å². The van der Waals surface area contributed by atoms with Crippen molar-refractivity contribution in [2.24, 2.45) is 0 Å². The summed E-state index contributed by atoms with van der Waals surface area (Å²) in [4.78, 5) is 0. The molecule has 0 heterocycles. The van der Waals surface area contributed by atoms with E-state index in [1.54, 1.807) is 0 Å². The summed E-state index contributed by atoms with van der Waals surface area (Å²) in [6, 6.07) is 17.0. The molecule has 2 rings (SSSR count). The van der Waals surface area contributed by atoms with E-state index in [0.717, 1.165) is 11.4 Å². The fourth-order valence-electron chi connectivity index (χ4n) is 1.84. The first kappa shape index (κ1) is 15.3. The van der Waals surface area contributed by atoms with E-state index in [1.807, 2.05) is 13.8 Å². The van der Waals surface area contributed by atoms with Gasteiger partial charge in [0.2, 0.25) is 0 Å². The molecule has 102 valence electrons. The van der Waals surface area contributed by atoms with Gasteiger partial charge in [0.15, 0.2) is 0 Å². The van der Waals surface area contributed by atoms with Gasteiger partial charge in [-0.2, -0.15) is 0 Å². The number of hydrogen-bond acceptors (Lipinski definition) is 1. The molecule has 0 radical (unpaired) electrons. The van der Waals surface area contributed by atoms with Crippen molar-refractivity contribution in [2.75, 3.05) is 5.32 Å². The van der Waals surface area contributed by atoms with E-state index in [-0.39, 0.29) is 0 Å². The van der Waals surface area contributed by atoms with Crippen molar-refractivity contribution in [2.45, 2.75) is 40.5 Å². The van der Waals surface area contributed by atoms with E-state index in [1.165, 1.54) is 11.1 Å². The smallest absolute Gasteiger partial charge is 0.0386 e. The van der Waals surface area contributed by atoms with Gasteiger partial charge in [-0.15, -0.1) is 0 Å². The Hall–Kier alpha value is -1.76. The summed E-state index contributed by atoms with van der Waals surface area (Å²) in [5.74, 6) is 0.586. The summed E-state index contributed by atoms with van der Waals surface area (Å²) in [6.45, 7) is 10.5. The molecule has 0 aliphatic heterocycles. The van der Waals surface area contributed by atoms with Crippen LogP contribution < -0.4 is 5.32 Å². The maximum Gasteiger partial charge on any atom is 0.0386 e. The number of rotatable bonds is 3. The van der Waals surface area contributed by atoms with Gasteiger partial charge in [-0.25, -0.2) is 0 Å². The van der Waals surface area contributed by atoms with Gasteiger partial charge in [-0.05, 0) is 48.2 Å². The molecular formula is C18H25N. The molecule has 1 nitrogen and oxygen atoms in total. The lowest BCUT2D eigenvalue weighted by Gasteiger charge is -2.09. The first-order valence-corrected chi connectivity index (χ1v) is 7.09. The summed E-state index contributed by atoms with van der Waals surface area (Å²) < 4.78 is 0. The number of anilines is 2. The molecule has 1 heteroatoms. The third-order valence-electron chi connectivity index (χ3n) is 2.88. The average Bonchev–Trinajstić information content (AvgIpc) is 2.41. The lowest BCUT2D eigenvalue weighted by atomic mass is 10.0. The highest BCUT2D eigenvalue weighted by atomic mass is 14.9. The summed E-state index contributed by atoms with van der Waals surface area (Å²) >= 11 is 0. The minimum atomic E-state index is 0.586. The normalized spacial score (nSPS) is 9.79. The fraction of sp³-hybridized carbons (Fsp3) is 0.333. The molecule has 0 atom stereocenters. The SMILES string of the molecule is CC.Cc1cccc(Nc2ccc(C(C)C)cc2)c1. The standard InChI is InChI=1S/C16H19N.C2H6/c1-12(2)14-7-9-15(10-8-14)17-16-6-4-5-13(3)11-16;1-2/h4-12,17H,1-3H3;1-2H3. The number of benzene rings is 2. The summed E-state index contributed by atoms with van der Waals surface area (Å²) in [5, 5.41) is 3.41. The molecule has 0 aromatic heterocycles. The molecule has 0 bridgehead atoms. The van der Waals surface area contributed by atoms with E-state index < -0.39 is 0 Å². The number of nitrogens with one attached hydrogen (secondary N) is 1. The first-order valence-electron chi connectivity index (χ1n) is 7.09. The molecule has 0 amide bonds. The minimum Gasteiger partial charge on any atom is -0.356 e. The van der Waals surface area contributed by atoms with E-state index in [9.17, 15) is 0 Å². The van der Waals surface area contributed by atoms with Crippen LogP contribution in [0, 0.1) is 6.92 Å². The summed E-state index contributed by atoms with van der Waals surface area (Å²) in [7, 11) is 0. The van der Waals surface area contributed by atoms with E-state index in [0.29, 0.717) is 5.92 Å². The maximum absolute atomic E-state index is 3.41. The molecule has 2 aromatic carbocycles. The van der Waals surface area contributed by atoms with E-state index in [4.69, 9.17) is 0 Å². The van der Waals surface area contributed by atoms with Crippen LogP contribution in [0.25, 0.3) is 0 Å². The van der Waals surface area contributed by atoms with Gasteiger partial charge in [0.25, 0.3) is 0 Å². The van der Waals surface area contributed by atoms with Crippen molar-refractivity contribution in [3.05, 3.63) is 59.7 Å². The van der Waals surface area contributed by atoms with Crippen molar-refractivity contribution >= 4 is 11.4 Å². The third-order valence-corrected chi connectivity index (χ3v) is 2.88. The molecule has 0 fully saturated rings. The Kier molecular flexibility index (Phi) is 6.14.